The van der Waals surface area contributed by atoms with Crippen molar-refractivity contribution in [3.8, 4) is 23.0 Å². The number of nitrogens with zero attached hydrogens (tertiary/aromatic N) is 1. The van der Waals surface area contributed by atoms with Crippen LogP contribution < -0.4 is 18.9 Å². The lowest BCUT2D eigenvalue weighted by Gasteiger charge is -2.26. The van der Waals surface area contributed by atoms with Crippen LogP contribution in [0.3, 0.4) is 0 Å². The van der Waals surface area contributed by atoms with Gasteiger partial charge in [-0.05, 0) is 65.1 Å². The van der Waals surface area contributed by atoms with Gasteiger partial charge in [-0.25, -0.2) is 0 Å². The fourth-order valence-electron chi connectivity index (χ4n) is 4.93. The van der Waals surface area contributed by atoms with Crippen LogP contribution in [0.2, 0.25) is 0 Å². The Morgan fingerprint density at radius 1 is 1.00 bits per heavy atom. The minimum absolute atomic E-state index is 0.0175. The van der Waals surface area contributed by atoms with E-state index in [4.69, 9.17) is 18.9 Å². The van der Waals surface area contributed by atoms with Crippen molar-refractivity contribution in [1.82, 2.24) is 4.90 Å². The second-order valence-corrected chi connectivity index (χ2v) is 9.50. The normalized spacial score (nSPS) is 17.8. The Hall–Kier alpha value is -4.46. The fraction of sp³-hybridized carbons (Fsp3) is 0.267. The lowest BCUT2D eigenvalue weighted by Crippen LogP contribution is -2.29. The molecular weight excluding hydrogens is 486 g/mol. The number of benzene rings is 3. The molecule has 3 aromatic rings. The first-order chi connectivity index (χ1) is 18.3. The maximum atomic E-state index is 13.5. The van der Waals surface area contributed by atoms with Gasteiger partial charge < -0.3 is 29.0 Å². The number of carbonyl (C=O) groups excluding carboxylic acids is 2. The number of likely N-dealkylation sites (tertiary alicyclic amines) is 1. The Morgan fingerprint density at radius 3 is 2.53 bits per heavy atom. The van der Waals surface area contributed by atoms with Crippen LogP contribution in [-0.2, 0) is 16.1 Å². The van der Waals surface area contributed by atoms with E-state index in [2.05, 4.69) is 0 Å². The Balaban J connectivity index is 1.64. The molecule has 196 valence electrons. The third-order valence-corrected chi connectivity index (χ3v) is 6.86. The molecule has 8 heteroatoms. The van der Waals surface area contributed by atoms with Crippen LogP contribution in [0, 0.1) is 0 Å². The largest absolute Gasteiger partial charge is 0.507 e. The highest BCUT2D eigenvalue weighted by atomic mass is 16.7. The molecule has 0 saturated carbocycles. The first-order valence-corrected chi connectivity index (χ1v) is 12.3. The minimum Gasteiger partial charge on any atom is -0.507 e. The van der Waals surface area contributed by atoms with Gasteiger partial charge in [0.1, 0.15) is 17.3 Å². The number of ketones is 1. The summed E-state index contributed by atoms with van der Waals surface area (Å²) in [5.41, 5.74) is 2.73. The number of methoxy groups -OCH3 is 2. The predicted octanol–water partition coefficient (Wildman–Crippen LogP) is 5.18. The van der Waals surface area contributed by atoms with Crippen molar-refractivity contribution in [3.05, 3.63) is 88.5 Å². The number of rotatable bonds is 7. The molecule has 0 bridgehead atoms. The maximum absolute atomic E-state index is 13.5. The van der Waals surface area contributed by atoms with Crippen LogP contribution in [0.15, 0.2) is 66.2 Å². The highest BCUT2D eigenvalue weighted by Gasteiger charge is 2.46. The van der Waals surface area contributed by atoms with Crippen molar-refractivity contribution in [3.63, 3.8) is 0 Å². The molecule has 0 aliphatic carbocycles. The lowest BCUT2D eigenvalue weighted by molar-refractivity contribution is -0.140. The molecule has 0 radical (unpaired) electrons. The van der Waals surface area contributed by atoms with E-state index in [1.165, 1.54) is 4.90 Å². The van der Waals surface area contributed by atoms with Gasteiger partial charge in [0.05, 0.1) is 25.8 Å². The number of carbonyl (C=O) groups is 2. The van der Waals surface area contributed by atoms with Gasteiger partial charge in [-0.15, -0.1) is 0 Å². The molecule has 38 heavy (non-hydrogen) atoms. The quantitative estimate of drug-likeness (QED) is 0.263. The second-order valence-electron chi connectivity index (χ2n) is 9.50. The number of hydrogen-bond donors (Lipinski definition) is 1. The summed E-state index contributed by atoms with van der Waals surface area (Å²) in [4.78, 5) is 28.4. The first-order valence-electron chi connectivity index (χ1n) is 12.3. The van der Waals surface area contributed by atoms with E-state index in [1.807, 2.05) is 26.0 Å². The summed E-state index contributed by atoms with van der Waals surface area (Å²) in [6, 6.07) is 17.0. The Labute approximate surface area is 221 Å². The average molecular weight is 516 g/mol. The van der Waals surface area contributed by atoms with Crippen molar-refractivity contribution in [2.45, 2.75) is 32.4 Å². The summed E-state index contributed by atoms with van der Waals surface area (Å²) >= 11 is 0. The summed E-state index contributed by atoms with van der Waals surface area (Å²) in [7, 11) is 3.14. The minimum atomic E-state index is -0.833. The van der Waals surface area contributed by atoms with Crippen molar-refractivity contribution >= 4 is 17.4 Å². The summed E-state index contributed by atoms with van der Waals surface area (Å²) in [6.07, 6.45) is 0. The molecule has 0 aromatic heterocycles. The van der Waals surface area contributed by atoms with Gasteiger partial charge in [0.2, 0.25) is 6.79 Å². The van der Waals surface area contributed by atoms with Gasteiger partial charge in [-0.2, -0.15) is 0 Å². The third-order valence-electron chi connectivity index (χ3n) is 6.86. The molecule has 3 aromatic carbocycles. The number of amides is 1. The van der Waals surface area contributed by atoms with E-state index in [0.717, 1.165) is 11.1 Å². The van der Waals surface area contributed by atoms with Crippen molar-refractivity contribution in [2.24, 2.45) is 0 Å². The van der Waals surface area contributed by atoms with Gasteiger partial charge >= 0.3 is 0 Å². The van der Waals surface area contributed by atoms with Gasteiger partial charge in [0.15, 0.2) is 11.5 Å². The summed E-state index contributed by atoms with van der Waals surface area (Å²) in [6.45, 7) is 4.29. The van der Waals surface area contributed by atoms with Gasteiger partial charge in [0, 0.05) is 12.1 Å². The summed E-state index contributed by atoms with van der Waals surface area (Å²) < 4.78 is 21.8. The molecule has 1 amide bonds. The average Bonchev–Trinajstić information content (AvgIpc) is 3.50. The molecule has 1 fully saturated rings. The van der Waals surface area contributed by atoms with Gasteiger partial charge in [-0.1, -0.05) is 32.0 Å². The standard InChI is InChI=1S/C30H29NO7/c1-17(2)22-14-20(9-11-23(22)36-4)28(32)26-27(19-6-5-7-21(13-19)35-3)31(30(34)29(26)33)15-18-8-10-24-25(12-18)38-16-37-24/h5-14,17,27,32H,15-16H2,1-4H3/b28-26+. The molecule has 1 unspecified atom stereocenters. The zero-order chi connectivity index (χ0) is 27.0. The fourth-order valence-corrected chi connectivity index (χ4v) is 4.93. The molecule has 2 aliphatic rings. The molecule has 8 nitrogen and oxygen atoms in total. The van der Waals surface area contributed by atoms with Gasteiger partial charge in [-0.3, -0.25) is 9.59 Å². The maximum Gasteiger partial charge on any atom is 0.295 e. The molecule has 5 rings (SSSR count). The van der Waals surface area contributed by atoms with Crippen LogP contribution in [0.1, 0.15) is 48.1 Å². The molecule has 2 heterocycles. The molecule has 1 atom stereocenters. The van der Waals surface area contributed by atoms with Gasteiger partial charge in [0.25, 0.3) is 11.7 Å². The Kier molecular flexibility index (Phi) is 6.72. The smallest absolute Gasteiger partial charge is 0.295 e. The van der Waals surface area contributed by atoms with E-state index >= 15 is 0 Å². The van der Waals surface area contributed by atoms with Crippen LogP contribution >= 0.6 is 0 Å². The summed E-state index contributed by atoms with van der Waals surface area (Å²) in [5, 5.41) is 11.5. The Bertz CT molecular complexity index is 1440. The molecule has 0 spiro atoms. The van der Waals surface area contributed by atoms with E-state index < -0.39 is 17.7 Å². The van der Waals surface area contributed by atoms with Crippen molar-refractivity contribution in [1.29, 1.82) is 0 Å². The number of hydrogen-bond acceptors (Lipinski definition) is 7. The van der Waals surface area contributed by atoms with Crippen LogP contribution in [0.4, 0.5) is 0 Å². The molecule has 1 saturated heterocycles. The number of Topliss-reactive ketones (excluding diaryl/α,β-unsaturated/α-hetero) is 1. The number of ether oxygens (including phenoxy) is 4. The highest BCUT2D eigenvalue weighted by Crippen LogP contribution is 2.42. The van der Waals surface area contributed by atoms with E-state index in [1.54, 1.807) is 62.8 Å². The summed E-state index contributed by atoms with van der Waals surface area (Å²) in [5.74, 6) is 0.880. The SMILES string of the molecule is COc1cccc(C2/C(=C(\O)c3ccc(OC)c(C(C)C)c3)C(=O)C(=O)N2Cc2ccc3c(c2)OCO3)c1. The number of aliphatic hydroxyl groups excluding tert-OH is 1. The van der Waals surface area contributed by atoms with E-state index in [0.29, 0.717) is 34.1 Å². The predicted molar refractivity (Wildman–Crippen MR) is 140 cm³/mol. The van der Waals surface area contributed by atoms with Crippen LogP contribution in [0.25, 0.3) is 5.76 Å². The van der Waals surface area contributed by atoms with Crippen molar-refractivity contribution in [2.75, 3.05) is 21.0 Å². The highest BCUT2D eigenvalue weighted by molar-refractivity contribution is 6.46. The third kappa shape index (κ3) is 4.42. The van der Waals surface area contributed by atoms with Crippen molar-refractivity contribution < 1.29 is 33.6 Å². The Morgan fingerprint density at radius 2 is 1.79 bits per heavy atom. The first kappa shape index (κ1) is 25.2. The van der Waals surface area contributed by atoms with Crippen LogP contribution in [0.5, 0.6) is 23.0 Å². The van der Waals surface area contributed by atoms with E-state index in [9.17, 15) is 14.7 Å². The number of aliphatic hydroxyl groups is 1. The zero-order valence-electron chi connectivity index (χ0n) is 21.7. The monoisotopic (exact) mass is 515 g/mol. The molecule has 1 N–H and O–H groups in total. The zero-order valence-corrected chi connectivity index (χ0v) is 21.7. The second kappa shape index (κ2) is 10.1. The van der Waals surface area contributed by atoms with Crippen LogP contribution in [-0.4, -0.2) is 42.7 Å². The number of fused-ring (bicyclic) bond motifs is 1. The van der Waals surface area contributed by atoms with E-state index in [-0.39, 0.29) is 30.6 Å². The molecule has 2 aliphatic heterocycles. The molecular formula is C30H29NO7. The lowest BCUT2D eigenvalue weighted by atomic mass is 9.93. The topological polar surface area (TPSA) is 94.5 Å².